The lowest BCUT2D eigenvalue weighted by Gasteiger charge is -2.22. The van der Waals surface area contributed by atoms with Gasteiger partial charge in [0.1, 0.15) is 0 Å². The molecular weight excluding hydrogens is 191 g/mol. The average Bonchev–Trinajstić information content (AvgIpc) is 1.77. The third-order valence-electron chi connectivity index (χ3n) is 1.93. The van der Waals surface area contributed by atoms with Crippen molar-refractivity contribution >= 4 is 0 Å². The van der Waals surface area contributed by atoms with E-state index >= 15 is 0 Å². The van der Waals surface area contributed by atoms with E-state index in [0.717, 1.165) is 6.42 Å². The van der Waals surface area contributed by atoms with Crippen LogP contribution in [0.1, 0.15) is 40.5 Å². The van der Waals surface area contributed by atoms with Crippen LogP contribution in [0.15, 0.2) is 0 Å². The zero-order valence-electron chi connectivity index (χ0n) is 9.28. The van der Waals surface area contributed by atoms with Gasteiger partial charge in [-0.15, -0.1) is 0 Å². The summed E-state index contributed by atoms with van der Waals surface area (Å²) < 4.78 is 35.9. The zero-order valence-corrected chi connectivity index (χ0v) is 9.28. The molecular formula is C10H20F3N. The van der Waals surface area contributed by atoms with Crippen LogP contribution in [-0.4, -0.2) is 18.3 Å². The zero-order chi connectivity index (χ0) is 11.4. The molecule has 2 unspecified atom stereocenters. The van der Waals surface area contributed by atoms with Gasteiger partial charge in [0.25, 0.3) is 0 Å². The maximum Gasteiger partial charge on any atom is 0.390 e. The summed E-state index contributed by atoms with van der Waals surface area (Å²) in [6.45, 7) is 7.62. The molecule has 2 atom stereocenters. The van der Waals surface area contributed by atoms with E-state index in [4.69, 9.17) is 0 Å². The summed E-state index contributed by atoms with van der Waals surface area (Å²) in [5.41, 5.74) is 0. The molecule has 0 aromatic rings. The quantitative estimate of drug-likeness (QED) is 0.735. The number of hydrogen-bond donors (Lipinski definition) is 1. The highest BCUT2D eigenvalue weighted by molar-refractivity contribution is 4.71. The van der Waals surface area contributed by atoms with Gasteiger partial charge in [-0.05, 0) is 26.2 Å². The van der Waals surface area contributed by atoms with E-state index < -0.39 is 18.6 Å². The SMILES string of the molecule is CC(C)CC(C)NC(C)CC(F)(F)F. The van der Waals surface area contributed by atoms with Gasteiger partial charge in [0.15, 0.2) is 0 Å². The van der Waals surface area contributed by atoms with E-state index in [1.807, 2.05) is 6.92 Å². The molecule has 0 saturated carbocycles. The Morgan fingerprint density at radius 1 is 1.00 bits per heavy atom. The van der Waals surface area contributed by atoms with Crippen LogP contribution in [0.4, 0.5) is 13.2 Å². The van der Waals surface area contributed by atoms with Crippen molar-refractivity contribution in [3.63, 3.8) is 0 Å². The van der Waals surface area contributed by atoms with Gasteiger partial charge in [-0.3, -0.25) is 0 Å². The summed E-state index contributed by atoms with van der Waals surface area (Å²) in [7, 11) is 0. The van der Waals surface area contributed by atoms with E-state index in [-0.39, 0.29) is 6.04 Å². The van der Waals surface area contributed by atoms with Crippen molar-refractivity contribution < 1.29 is 13.2 Å². The highest BCUT2D eigenvalue weighted by Crippen LogP contribution is 2.21. The number of hydrogen-bond acceptors (Lipinski definition) is 1. The van der Waals surface area contributed by atoms with Crippen molar-refractivity contribution in [3.8, 4) is 0 Å². The Kier molecular flexibility index (Phi) is 5.49. The molecule has 0 radical (unpaired) electrons. The lowest BCUT2D eigenvalue weighted by atomic mass is 10.0. The largest absolute Gasteiger partial charge is 0.390 e. The number of nitrogens with one attached hydrogen (secondary N) is 1. The Balaban J connectivity index is 3.76. The Hall–Kier alpha value is -0.250. The van der Waals surface area contributed by atoms with Crippen molar-refractivity contribution in [2.75, 3.05) is 0 Å². The summed E-state index contributed by atoms with van der Waals surface area (Å²) in [5.74, 6) is 0.510. The highest BCUT2D eigenvalue weighted by Gasteiger charge is 2.30. The fraction of sp³-hybridized carbons (Fsp3) is 1.00. The summed E-state index contributed by atoms with van der Waals surface area (Å²) in [6, 6.07) is -0.351. The smallest absolute Gasteiger partial charge is 0.311 e. The van der Waals surface area contributed by atoms with Crippen LogP contribution in [0.5, 0.6) is 0 Å². The second-order valence-electron chi connectivity index (χ2n) is 4.42. The summed E-state index contributed by atoms with van der Waals surface area (Å²) in [5, 5.41) is 2.95. The topological polar surface area (TPSA) is 12.0 Å². The Labute approximate surface area is 84.1 Å². The van der Waals surface area contributed by atoms with Crippen LogP contribution in [0.3, 0.4) is 0 Å². The van der Waals surface area contributed by atoms with Crippen molar-refractivity contribution in [1.82, 2.24) is 5.32 Å². The van der Waals surface area contributed by atoms with Gasteiger partial charge in [0, 0.05) is 12.1 Å². The molecule has 14 heavy (non-hydrogen) atoms. The maximum absolute atomic E-state index is 12.0. The van der Waals surface area contributed by atoms with Crippen molar-refractivity contribution in [2.24, 2.45) is 5.92 Å². The highest BCUT2D eigenvalue weighted by atomic mass is 19.4. The van der Waals surface area contributed by atoms with Crippen LogP contribution in [0.2, 0.25) is 0 Å². The third-order valence-corrected chi connectivity index (χ3v) is 1.93. The summed E-state index contributed by atoms with van der Waals surface area (Å²) >= 11 is 0. The minimum atomic E-state index is -4.07. The van der Waals surface area contributed by atoms with E-state index in [1.54, 1.807) is 6.92 Å². The van der Waals surface area contributed by atoms with Gasteiger partial charge in [-0.1, -0.05) is 13.8 Å². The Bertz CT molecular complexity index is 154. The molecule has 0 aromatic heterocycles. The summed E-state index contributed by atoms with van der Waals surface area (Å²) in [4.78, 5) is 0. The monoisotopic (exact) mass is 211 g/mol. The first kappa shape index (κ1) is 13.8. The Morgan fingerprint density at radius 3 is 1.86 bits per heavy atom. The minimum absolute atomic E-state index is 0.146. The van der Waals surface area contributed by atoms with Crippen LogP contribution in [0, 0.1) is 5.92 Å². The number of rotatable bonds is 5. The molecule has 0 rings (SSSR count). The maximum atomic E-state index is 12.0. The fourth-order valence-electron chi connectivity index (χ4n) is 1.67. The second-order valence-corrected chi connectivity index (χ2v) is 4.42. The van der Waals surface area contributed by atoms with E-state index in [0.29, 0.717) is 5.92 Å². The lowest BCUT2D eigenvalue weighted by Crippen LogP contribution is -2.38. The van der Waals surface area contributed by atoms with Crippen LogP contribution in [0.25, 0.3) is 0 Å². The Morgan fingerprint density at radius 2 is 1.50 bits per heavy atom. The molecule has 0 bridgehead atoms. The molecule has 0 spiro atoms. The molecule has 0 aliphatic heterocycles. The predicted molar refractivity (Wildman–Crippen MR) is 52.2 cm³/mol. The summed E-state index contributed by atoms with van der Waals surface area (Å²) in [6.07, 6.45) is -3.92. The van der Waals surface area contributed by atoms with Crippen LogP contribution >= 0.6 is 0 Å². The fourth-order valence-corrected chi connectivity index (χ4v) is 1.67. The van der Waals surface area contributed by atoms with Gasteiger partial charge in [-0.25, -0.2) is 0 Å². The molecule has 0 fully saturated rings. The molecule has 0 aromatic carbocycles. The first-order valence-corrected chi connectivity index (χ1v) is 5.03. The first-order valence-electron chi connectivity index (χ1n) is 5.03. The molecule has 0 aliphatic rings. The van der Waals surface area contributed by atoms with Crippen LogP contribution < -0.4 is 5.32 Å². The van der Waals surface area contributed by atoms with Gasteiger partial charge in [-0.2, -0.15) is 13.2 Å². The molecule has 0 amide bonds. The van der Waals surface area contributed by atoms with Gasteiger partial charge >= 0.3 is 6.18 Å². The van der Waals surface area contributed by atoms with Crippen LogP contribution in [-0.2, 0) is 0 Å². The molecule has 0 heterocycles. The standard InChI is InChI=1S/C10H20F3N/c1-7(2)5-8(3)14-9(4)6-10(11,12)13/h7-9,14H,5-6H2,1-4H3. The first-order chi connectivity index (χ1) is 6.20. The second kappa shape index (κ2) is 5.59. The van der Waals surface area contributed by atoms with E-state index in [2.05, 4.69) is 19.2 Å². The van der Waals surface area contributed by atoms with Crippen molar-refractivity contribution in [1.29, 1.82) is 0 Å². The normalized spacial score (nSPS) is 17.1. The van der Waals surface area contributed by atoms with Crippen molar-refractivity contribution in [3.05, 3.63) is 0 Å². The van der Waals surface area contributed by atoms with Gasteiger partial charge in [0.05, 0.1) is 6.42 Å². The molecule has 1 nitrogen and oxygen atoms in total. The molecule has 4 heteroatoms. The predicted octanol–water partition coefficient (Wildman–Crippen LogP) is 3.35. The molecule has 0 saturated heterocycles. The number of alkyl halides is 3. The third kappa shape index (κ3) is 8.35. The van der Waals surface area contributed by atoms with E-state index in [1.165, 1.54) is 0 Å². The number of halogens is 3. The van der Waals surface area contributed by atoms with Crippen molar-refractivity contribution in [2.45, 2.75) is 58.8 Å². The average molecular weight is 211 g/mol. The molecule has 86 valence electrons. The molecule has 0 aliphatic carbocycles. The minimum Gasteiger partial charge on any atom is -0.311 e. The van der Waals surface area contributed by atoms with Gasteiger partial charge in [0.2, 0.25) is 0 Å². The van der Waals surface area contributed by atoms with Gasteiger partial charge < -0.3 is 5.32 Å². The molecule has 1 N–H and O–H groups in total. The van der Waals surface area contributed by atoms with E-state index in [9.17, 15) is 13.2 Å². The lowest BCUT2D eigenvalue weighted by molar-refractivity contribution is -0.139.